The SMILES string of the molecule is CCCCCCCCN(C(=O)C(C)NC(=O)OC(C)(C)C)C(C(=O)NCCCCC)c1ccc(CC)cc1. The fourth-order valence-corrected chi connectivity index (χ4v) is 4.32. The zero-order valence-electron chi connectivity index (χ0n) is 25.0. The van der Waals surface area contributed by atoms with Crippen LogP contribution in [0.4, 0.5) is 4.79 Å². The third-order valence-electron chi connectivity index (χ3n) is 6.48. The monoisotopic (exact) mass is 531 g/mol. The highest BCUT2D eigenvalue weighted by atomic mass is 16.6. The summed E-state index contributed by atoms with van der Waals surface area (Å²) in [7, 11) is 0. The number of rotatable bonds is 17. The van der Waals surface area contributed by atoms with E-state index in [4.69, 9.17) is 4.74 Å². The minimum Gasteiger partial charge on any atom is -0.444 e. The standard InChI is InChI=1S/C31H53N3O4/c1-8-11-13-14-15-17-23-34(29(36)24(4)33-30(37)38-31(5,6)7)27(28(35)32-22-16-12-9-2)26-20-18-25(10-3)19-21-26/h18-21,24,27H,8-17,22-23H2,1-7H3,(H,32,35)(H,33,37). The van der Waals surface area contributed by atoms with Gasteiger partial charge >= 0.3 is 6.09 Å². The van der Waals surface area contributed by atoms with Gasteiger partial charge in [-0.15, -0.1) is 0 Å². The first-order chi connectivity index (χ1) is 18.0. The third-order valence-corrected chi connectivity index (χ3v) is 6.48. The lowest BCUT2D eigenvalue weighted by Gasteiger charge is -2.34. The molecule has 0 heterocycles. The van der Waals surface area contributed by atoms with Gasteiger partial charge in [0.25, 0.3) is 0 Å². The van der Waals surface area contributed by atoms with Gasteiger partial charge in [-0.3, -0.25) is 9.59 Å². The van der Waals surface area contributed by atoms with Crippen molar-refractivity contribution in [3.63, 3.8) is 0 Å². The summed E-state index contributed by atoms with van der Waals surface area (Å²) in [5, 5.41) is 5.74. The summed E-state index contributed by atoms with van der Waals surface area (Å²) in [5.74, 6) is -0.480. The van der Waals surface area contributed by atoms with Crippen molar-refractivity contribution in [1.29, 1.82) is 0 Å². The van der Waals surface area contributed by atoms with Gasteiger partial charge in [0.2, 0.25) is 11.8 Å². The molecule has 7 nitrogen and oxygen atoms in total. The smallest absolute Gasteiger partial charge is 0.408 e. The molecular formula is C31H53N3O4. The lowest BCUT2D eigenvalue weighted by Crippen LogP contribution is -2.52. The molecule has 0 spiro atoms. The van der Waals surface area contributed by atoms with Gasteiger partial charge in [0, 0.05) is 13.1 Å². The van der Waals surface area contributed by atoms with E-state index in [-0.39, 0.29) is 11.8 Å². The number of unbranched alkanes of at least 4 members (excludes halogenated alkanes) is 7. The van der Waals surface area contributed by atoms with Crippen LogP contribution >= 0.6 is 0 Å². The predicted molar refractivity (Wildman–Crippen MR) is 155 cm³/mol. The molecule has 7 heteroatoms. The largest absolute Gasteiger partial charge is 0.444 e. The first kappa shape index (κ1) is 33.5. The topological polar surface area (TPSA) is 87.7 Å². The number of ether oxygens (including phenoxy) is 1. The number of hydrogen-bond acceptors (Lipinski definition) is 4. The van der Waals surface area contributed by atoms with E-state index in [1.807, 2.05) is 24.3 Å². The van der Waals surface area contributed by atoms with Gasteiger partial charge in [-0.1, -0.05) is 90.0 Å². The van der Waals surface area contributed by atoms with E-state index in [0.717, 1.165) is 50.5 Å². The fraction of sp³-hybridized carbons (Fsp3) is 0.710. The number of alkyl carbamates (subject to hydrolysis) is 1. The first-order valence-corrected chi connectivity index (χ1v) is 14.7. The van der Waals surface area contributed by atoms with E-state index in [2.05, 4.69) is 31.4 Å². The molecule has 38 heavy (non-hydrogen) atoms. The number of carbonyl (C=O) groups is 3. The lowest BCUT2D eigenvalue weighted by molar-refractivity contribution is -0.142. The van der Waals surface area contributed by atoms with Crippen LogP contribution in [0.5, 0.6) is 0 Å². The molecule has 2 unspecified atom stereocenters. The van der Waals surface area contributed by atoms with Crippen molar-refractivity contribution >= 4 is 17.9 Å². The zero-order chi connectivity index (χ0) is 28.6. The molecular weight excluding hydrogens is 478 g/mol. The Hall–Kier alpha value is -2.57. The van der Waals surface area contributed by atoms with Gasteiger partial charge in [-0.05, 0) is 58.1 Å². The quantitative estimate of drug-likeness (QED) is 0.219. The molecule has 0 saturated carbocycles. The summed E-state index contributed by atoms with van der Waals surface area (Å²) in [4.78, 5) is 41.5. The second kappa shape index (κ2) is 17.8. The Kier molecular flexibility index (Phi) is 15.7. The molecule has 1 aromatic rings. The Balaban J connectivity index is 3.23. The number of amides is 3. The van der Waals surface area contributed by atoms with Crippen molar-refractivity contribution in [3.05, 3.63) is 35.4 Å². The minimum absolute atomic E-state index is 0.186. The Morgan fingerprint density at radius 2 is 1.45 bits per heavy atom. The molecule has 0 fully saturated rings. The maximum atomic E-state index is 13.8. The third kappa shape index (κ3) is 12.8. The fourth-order valence-electron chi connectivity index (χ4n) is 4.32. The van der Waals surface area contributed by atoms with Crippen LogP contribution < -0.4 is 10.6 Å². The molecule has 3 amide bonds. The average molecular weight is 532 g/mol. The molecule has 2 atom stereocenters. The molecule has 1 rings (SSSR count). The molecule has 0 aliphatic heterocycles. The van der Waals surface area contributed by atoms with Gasteiger partial charge in [0.1, 0.15) is 17.7 Å². The number of aryl methyl sites for hydroxylation is 1. The van der Waals surface area contributed by atoms with E-state index in [9.17, 15) is 14.4 Å². The van der Waals surface area contributed by atoms with Crippen LogP contribution in [0.25, 0.3) is 0 Å². The van der Waals surface area contributed by atoms with E-state index in [1.54, 1.807) is 32.6 Å². The second-order valence-electron chi connectivity index (χ2n) is 11.2. The summed E-state index contributed by atoms with van der Waals surface area (Å²) >= 11 is 0. The van der Waals surface area contributed by atoms with Crippen LogP contribution in [-0.2, 0) is 20.7 Å². The Labute approximate surface area is 231 Å². The number of nitrogens with zero attached hydrogens (tertiary/aromatic N) is 1. The van der Waals surface area contributed by atoms with Crippen molar-refractivity contribution in [2.45, 2.75) is 130 Å². The van der Waals surface area contributed by atoms with E-state index >= 15 is 0 Å². The van der Waals surface area contributed by atoms with Gasteiger partial charge in [0.15, 0.2) is 0 Å². The van der Waals surface area contributed by atoms with Gasteiger partial charge < -0.3 is 20.3 Å². The zero-order valence-corrected chi connectivity index (χ0v) is 25.0. The van der Waals surface area contributed by atoms with Crippen LogP contribution in [0.15, 0.2) is 24.3 Å². The van der Waals surface area contributed by atoms with Crippen LogP contribution in [-0.4, -0.2) is 47.5 Å². The summed E-state index contributed by atoms with van der Waals surface area (Å²) < 4.78 is 5.37. The van der Waals surface area contributed by atoms with Crippen LogP contribution in [0.1, 0.15) is 123 Å². The molecule has 0 aliphatic rings. The summed E-state index contributed by atoms with van der Waals surface area (Å²) in [6.45, 7) is 14.4. The molecule has 1 aromatic carbocycles. The lowest BCUT2D eigenvalue weighted by atomic mass is 10.00. The number of carbonyl (C=O) groups excluding carboxylic acids is 3. The van der Waals surface area contributed by atoms with Crippen molar-refractivity contribution in [2.75, 3.05) is 13.1 Å². The van der Waals surface area contributed by atoms with Crippen molar-refractivity contribution in [1.82, 2.24) is 15.5 Å². The van der Waals surface area contributed by atoms with Crippen molar-refractivity contribution < 1.29 is 19.1 Å². The Bertz CT molecular complexity index is 833. The van der Waals surface area contributed by atoms with Gasteiger partial charge in [0.05, 0.1) is 0 Å². The average Bonchev–Trinajstić information content (AvgIpc) is 2.86. The molecule has 2 N–H and O–H groups in total. The molecule has 0 aliphatic carbocycles. The summed E-state index contributed by atoms with van der Waals surface area (Å²) in [6, 6.07) is 6.32. The molecule has 0 saturated heterocycles. The molecule has 216 valence electrons. The Morgan fingerprint density at radius 3 is 2.03 bits per heavy atom. The van der Waals surface area contributed by atoms with Crippen molar-refractivity contribution in [2.24, 2.45) is 0 Å². The van der Waals surface area contributed by atoms with Gasteiger partial charge in [-0.2, -0.15) is 0 Å². The molecule has 0 radical (unpaired) electrons. The second-order valence-corrected chi connectivity index (χ2v) is 11.2. The molecule has 0 bridgehead atoms. The highest BCUT2D eigenvalue weighted by Crippen LogP contribution is 2.24. The van der Waals surface area contributed by atoms with Crippen LogP contribution in [0, 0.1) is 0 Å². The predicted octanol–water partition coefficient (Wildman–Crippen LogP) is 6.70. The Morgan fingerprint density at radius 1 is 0.868 bits per heavy atom. The maximum absolute atomic E-state index is 13.8. The van der Waals surface area contributed by atoms with E-state index < -0.39 is 23.8 Å². The minimum atomic E-state index is -0.838. The number of hydrogen-bond donors (Lipinski definition) is 2. The normalized spacial score (nSPS) is 12.9. The maximum Gasteiger partial charge on any atom is 0.408 e. The number of benzene rings is 1. The summed E-state index contributed by atoms with van der Waals surface area (Å²) in [6.07, 6.45) is 9.66. The van der Waals surface area contributed by atoms with Crippen molar-refractivity contribution in [3.8, 4) is 0 Å². The highest BCUT2D eigenvalue weighted by Gasteiger charge is 2.34. The van der Waals surface area contributed by atoms with Crippen LogP contribution in [0.3, 0.4) is 0 Å². The van der Waals surface area contributed by atoms with E-state index in [1.165, 1.54) is 24.8 Å². The number of nitrogens with one attached hydrogen (secondary N) is 2. The van der Waals surface area contributed by atoms with E-state index in [0.29, 0.717) is 13.1 Å². The van der Waals surface area contributed by atoms with Crippen LogP contribution in [0.2, 0.25) is 0 Å². The van der Waals surface area contributed by atoms with Gasteiger partial charge in [-0.25, -0.2) is 4.79 Å². The molecule has 0 aromatic heterocycles. The first-order valence-electron chi connectivity index (χ1n) is 14.7. The highest BCUT2D eigenvalue weighted by molar-refractivity contribution is 5.92. The summed E-state index contributed by atoms with van der Waals surface area (Å²) in [5.41, 5.74) is 1.27.